The minimum absolute atomic E-state index is 0. The minimum atomic E-state index is 0. The zero-order chi connectivity index (χ0) is 18.5. The summed E-state index contributed by atoms with van der Waals surface area (Å²) < 4.78 is 10.4. The second-order valence-corrected chi connectivity index (χ2v) is 6.45. The van der Waals surface area contributed by atoms with Gasteiger partial charge in [-0.25, -0.2) is 0 Å². The lowest BCUT2D eigenvalue weighted by molar-refractivity contribution is -0.130. The number of amides is 1. The smallest absolute Gasteiger partial charge is 0.222 e. The summed E-state index contributed by atoms with van der Waals surface area (Å²) in [6.07, 6.45) is 7.37. The lowest BCUT2D eigenvalue weighted by atomic mass is 10.2. The molecule has 2 heterocycles. The van der Waals surface area contributed by atoms with Crippen LogP contribution in [0.1, 0.15) is 37.9 Å². The molecule has 1 aromatic heterocycles. The number of nitrogens with zero attached hydrogens (tertiary/aromatic N) is 2. The van der Waals surface area contributed by atoms with Crippen LogP contribution in [0, 0.1) is 0 Å². The number of hydrogen-bond donors (Lipinski definition) is 2. The Bertz CT molecular complexity index is 537. The molecule has 2 rings (SSSR count). The van der Waals surface area contributed by atoms with Crippen LogP contribution < -0.4 is 10.6 Å². The van der Waals surface area contributed by atoms with Gasteiger partial charge in [-0.15, -0.1) is 24.0 Å². The number of ether oxygens (including phenoxy) is 1. The zero-order valence-electron chi connectivity index (χ0n) is 16.2. The third-order valence-electron chi connectivity index (χ3n) is 4.37. The maximum atomic E-state index is 12.0. The van der Waals surface area contributed by atoms with E-state index in [2.05, 4.69) is 15.6 Å². The number of nitrogens with one attached hydrogen (secondary N) is 2. The molecule has 0 aromatic carbocycles. The summed E-state index contributed by atoms with van der Waals surface area (Å²) in [7, 11) is 1.68. The van der Waals surface area contributed by atoms with Gasteiger partial charge in [-0.3, -0.25) is 9.79 Å². The fraction of sp³-hybridized carbons (Fsp3) is 0.684. The number of aliphatic imine (C=N–C) groups is 1. The predicted octanol–water partition coefficient (Wildman–Crippen LogP) is 2.41. The molecule has 1 aliphatic heterocycles. The Kier molecular flexibility index (Phi) is 13.0. The number of furan rings is 1. The Morgan fingerprint density at radius 1 is 1.30 bits per heavy atom. The van der Waals surface area contributed by atoms with Crippen LogP contribution in [0.3, 0.4) is 0 Å². The highest BCUT2D eigenvalue weighted by Crippen LogP contribution is 2.11. The highest BCUT2D eigenvalue weighted by atomic mass is 127. The maximum Gasteiger partial charge on any atom is 0.222 e. The fourth-order valence-electron chi connectivity index (χ4n) is 2.93. The molecule has 154 valence electrons. The van der Waals surface area contributed by atoms with E-state index in [9.17, 15) is 4.79 Å². The highest BCUT2D eigenvalue weighted by molar-refractivity contribution is 14.0. The van der Waals surface area contributed by atoms with Crippen molar-refractivity contribution in [1.82, 2.24) is 15.5 Å². The van der Waals surface area contributed by atoms with Gasteiger partial charge in [0.05, 0.1) is 12.9 Å². The number of hydrogen-bond acceptors (Lipinski definition) is 4. The molecule has 7 nitrogen and oxygen atoms in total. The van der Waals surface area contributed by atoms with Gasteiger partial charge in [-0.2, -0.15) is 0 Å². The first kappa shape index (κ1) is 23.7. The number of rotatable bonds is 10. The van der Waals surface area contributed by atoms with Gasteiger partial charge in [0.25, 0.3) is 0 Å². The van der Waals surface area contributed by atoms with Crippen molar-refractivity contribution < 1.29 is 13.9 Å². The molecule has 0 aliphatic carbocycles. The van der Waals surface area contributed by atoms with Crippen molar-refractivity contribution in [2.45, 2.75) is 38.5 Å². The highest BCUT2D eigenvalue weighted by Gasteiger charge is 2.15. The number of carbonyl (C=O) groups excluding carboxylic acids is 1. The van der Waals surface area contributed by atoms with Crippen molar-refractivity contribution in [3.8, 4) is 0 Å². The summed E-state index contributed by atoms with van der Waals surface area (Å²) in [6.45, 7) is 4.45. The standard InChI is InChI=1S/C19H32N4O3.HI/c1-25-16-12-22-19(21-11-9-17-7-5-15-26-17)20-10-6-14-23-13-4-2-3-8-18(23)24;/h5,7,15H,2-4,6,8-14,16H2,1H3,(H2,20,21,22);1H. The largest absolute Gasteiger partial charge is 0.469 e. The number of carbonyl (C=O) groups is 1. The van der Waals surface area contributed by atoms with Crippen LogP contribution in [-0.4, -0.2) is 63.2 Å². The van der Waals surface area contributed by atoms with Gasteiger partial charge in [-0.1, -0.05) is 6.42 Å². The summed E-state index contributed by atoms with van der Waals surface area (Å²) in [6, 6.07) is 3.86. The molecule has 0 radical (unpaired) electrons. The van der Waals surface area contributed by atoms with Gasteiger partial charge in [0.2, 0.25) is 5.91 Å². The molecule has 1 aliphatic rings. The van der Waals surface area contributed by atoms with Crippen LogP contribution >= 0.6 is 24.0 Å². The van der Waals surface area contributed by atoms with Gasteiger partial charge in [0, 0.05) is 52.7 Å². The Morgan fingerprint density at radius 2 is 2.15 bits per heavy atom. The van der Waals surface area contributed by atoms with Gasteiger partial charge >= 0.3 is 0 Å². The van der Waals surface area contributed by atoms with Crippen LogP contribution in [0.5, 0.6) is 0 Å². The predicted molar refractivity (Wildman–Crippen MR) is 118 cm³/mol. The van der Waals surface area contributed by atoms with E-state index < -0.39 is 0 Å². The van der Waals surface area contributed by atoms with Crippen molar-refractivity contribution in [3.05, 3.63) is 24.2 Å². The topological polar surface area (TPSA) is 79.1 Å². The van der Waals surface area contributed by atoms with E-state index in [0.717, 1.165) is 63.5 Å². The second kappa shape index (κ2) is 14.7. The lowest BCUT2D eigenvalue weighted by Crippen LogP contribution is -2.40. The quantitative estimate of drug-likeness (QED) is 0.227. The molecule has 1 fully saturated rings. The molecule has 2 N–H and O–H groups in total. The number of halogens is 1. The van der Waals surface area contributed by atoms with Crippen molar-refractivity contribution >= 4 is 35.8 Å². The summed E-state index contributed by atoms with van der Waals surface area (Å²) in [5.41, 5.74) is 0. The number of guanidine groups is 1. The molecular formula is C19H33IN4O3. The van der Waals surface area contributed by atoms with Crippen molar-refractivity contribution in [3.63, 3.8) is 0 Å². The van der Waals surface area contributed by atoms with E-state index in [4.69, 9.17) is 9.15 Å². The van der Waals surface area contributed by atoms with Crippen LogP contribution in [-0.2, 0) is 16.0 Å². The van der Waals surface area contributed by atoms with Crippen molar-refractivity contribution in [1.29, 1.82) is 0 Å². The first-order valence-corrected chi connectivity index (χ1v) is 9.61. The van der Waals surface area contributed by atoms with Crippen molar-refractivity contribution in [2.24, 2.45) is 4.99 Å². The average Bonchev–Trinajstić information content (AvgIpc) is 3.07. The average molecular weight is 492 g/mol. The van der Waals surface area contributed by atoms with E-state index in [1.165, 1.54) is 0 Å². The molecule has 0 unspecified atom stereocenters. The molecule has 0 atom stereocenters. The van der Waals surface area contributed by atoms with E-state index >= 15 is 0 Å². The summed E-state index contributed by atoms with van der Waals surface area (Å²) >= 11 is 0. The number of likely N-dealkylation sites (tertiary alicyclic amines) is 1. The summed E-state index contributed by atoms with van der Waals surface area (Å²) in [5, 5.41) is 6.58. The second-order valence-electron chi connectivity index (χ2n) is 6.45. The van der Waals surface area contributed by atoms with E-state index in [0.29, 0.717) is 32.0 Å². The van der Waals surface area contributed by atoms with Crippen LogP contribution in [0.4, 0.5) is 0 Å². The third-order valence-corrected chi connectivity index (χ3v) is 4.37. The summed E-state index contributed by atoms with van der Waals surface area (Å²) in [5.74, 6) is 2.02. The van der Waals surface area contributed by atoms with Gasteiger partial charge in [-0.05, 0) is 31.4 Å². The van der Waals surface area contributed by atoms with Crippen LogP contribution in [0.25, 0.3) is 0 Å². The third kappa shape index (κ3) is 9.99. The molecule has 0 spiro atoms. The first-order chi connectivity index (χ1) is 12.8. The minimum Gasteiger partial charge on any atom is -0.469 e. The SMILES string of the molecule is COCCNC(=NCCCN1CCCCCC1=O)NCCc1ccco1.I. The van der Waals surface area contributed by atoms with E-state index in [1.54, 1.807) is 13.4 Å². The maximum absolute atomic E-state index is 12.0. The van der Waals surface area contributed by atoms with Gasteiger partial charge in [0.1, 0.15) is 5.76 Å². The molecule has 1 saturated heterocycles. The van der Waals surface area contributed by atoms with Crippen molar-refractivity contribution in [2.75, 3.05) is 46.4 Å². The van der Waals surface area contributed by atoms with Gasteiger partial charge < -0.3 is 24.7 Å². The normalized spacial score (nSPS) is 15.2. The zero-order valence-corrected chi connectivity index (χ0v) is 18.6. The first-order valence-electron chi connectivity index (χ1n) is 9.61. The monoisotopic (exact) mass is 492 g/mol. The molecule has 0 bridgehead atoms. The Hall–Kier alpha value is -1.29. The molecule has 1 amide bonds. The van der Waals surface area contributed by atoms with Gasteiger partial charge in [0.15, 0.2) is 5.96 Å². The van der Waals surface area contributed by atoms with E-state index in [-0.39, 0.29) is 24.0 Å². The molecule has 27 heavy (non-hydrogen) atoms. The molecule has 8 heteroatoms. The molecular weight excluding hydrogens is 459 g/mol. The van der Waals surface area contributed by atoms with Crippen LogP contribution in [0.15, 0.2) is 27.8 Å². The van der Waals surface area contributed by atoms with Crippen LogP contribution in [0.2, 0.25) is 0 Å². The Balaban J connectivity index is 0.00000364. The fourth-order valence-corrected chi connectivity index (χ4v) is 2.93. The molecule has 1 aromatic rings. The number of methoxy groups -OCH3 is 1. The Labute approximate surface area is 179 Å². The lowest BCUT2D eigenvalue weighted by Gasteiger charge is -2.20. The summed E-state index contributed by atoms with van der Waals surface area (Å²) in [4.78, 5) is 18.6. The van der Waals surface area contributed by atoms with E-state index in [1.807, 2.05) is 17.0 Å². The Morgan fingerprint density at radius 3 is 2.93 bits per heavy atom. The molecule has 0 saturated carbocycles.